The molecule has 0 unspecified atom stereocenters. The first-order valence-electron chi connectivity index (χ1n) is 6.29. The van der Waals surface area contributed by atoms with Crippen LogP contribution >= 0.6 is 11.6 Å². The van der Waals surface area contributed by atoms with E-state index in [1.807, 2.05) is 0 Å². The minimum atomic E-state index is -3.76. The van der Waals surface area contributed by atoms with Crippen molar-refractivity contribution in [1.82, 2.24) is 4.31 Å². The van der Waals surface area contributed by atoms with E-state index in [9.17, 15) is 18.3 Å². The number of aromatic hydroxyl groups is 1. The fraction of sp³-hybridized carbons (Fsp3) is 0.417. The smallest absolute Gasteiger partial charge is 0.306 e. The lowest BCUT2D eigenvalue weighted by Gasteiger charge is -2.29. The molecule has 0 radical (unpaired) electrons. The number of nitrogens with one attached hydrogen (secondary N) is 1. The Morgan fingerprint density at radius 1 is 1.33 bits per heavy atom. The van der Waals surface area contributed by atoms with Crippen molar-refractivity contribution in [3.05, 3.63) is 23.2 Å². The molecule has 1 aromatic carbocycles. The summed E-state index contributed by atoms with van der Waals surface area (Å²) >= 11 is 5.72. The van der Waals surface area contributed by atoms with Gasteiger partial charge in [-0.1, -0.05) is 11.6 Å². The molecule has 0 saturated carbocycles. The van der Waals surface area contributed by atoms with Gasteiger partial charge in [0.05, 0.1) is 16.6 Å². The predicted octanol–water partition coefficient (Wildman–Crippen LogP) is 1.50. The Labute approximate surface area is 127 Å². The van der Waals surface area contributed by atoms with Crippen LogP contribution in [0, 0.1) is 5.92 Å². The third-order valence-corrected chi connectivity index (χ3v) is 5.18. The molecule has 7 nitrogen and oxygen atoms in total. The van der Waals surface area contributed by atoms with Crippen LogP contribution in [-0.4, -0.2) is 42.0 Å². The molecular weight excluding hydrogens is 320 g/mol. The fourth-order valence-corrected chi connectivity index (χ4v) is 3.55. The second-order valence-corrected chi connectivity index (χ2v) is 6.86. The fourth-order valence-electron chi connectivity index (χ4n) is 2.13. The van der Waals surface area contributed by atoms with Crippen molar-refractivity contribution in [1.29, 1.82) is 0 Å². The number of halogens is 1. The first kappa shape index (κ1) is 15.9. The van der Waals surface area contributed by atoms with E-state index < -0.39 is 22.1 Å². The molecule has 0 bridgehead atoms. The Bertz CT molecular complexity index is 641. The normalized spacial score (nSPS) is 17.6. The summed E-state index contributed by atoms with van der Waals surface area (Å²) in [6, 6.07) is 3.98. The van der Waals surface area contributed by atoms with E-state index in [1.165, 1.54) is 22.5 Å². The van der Waals surface area contributed by atoms with Gasteiger partial charge in [0.2, 0.25) is 0 Å². The summed E-state index contributed by atoms with van der Waals surface area (Å²) < 4.78 is 27.9. The number of benzene rings is 1. The standard InChI is InChI=1S/C12H15ClN2O5S/c13-10-7-9(1-2-11(10)16)14-21(19,20)15-5-3-8(4-6-15)12(17)18/h1-2,7-8,14,16H,3-6H2,(H,17,18). The highest BCUT2D eigenvalue weighted by atomic mass is 35.5. The molecule has 116 valence electrons. The zero-order chi connectivity index (χ0) is 15.6. The molecule has 0 atom stereocenters. The molecule has 9 heteroatoms. The number of nitrogens with zero attached hydrogens (tertiary/aromatic N) is 1. The molecule has 0 amide bonds. The van der Waals surface area contributed by atoms with Gasteiger partial charge in [0.1, 0.15) is 5.75 Å². The largest absolute Gasteiger partial charge is 0.506 e. The lowest BCUT2D eigenvalue weighted by molar-refractivity contribution is -0.142. The number of piperidine rings is 1. The summed E-state index contributed by atoms with van der Waals surface area (Å²) in [5.41, 5.74) is 0.234. The molecule has 1 aliphatic heterocycles. The van der Waals surface area contributed by atoms with Crippen LogP contribution in [-0.2, 0) is 15.0 Å². The van der Waals surface area contributed by atoms with Crippen molar-refractivity contribution in [2.24, 2.45) is 5.92 Å². The van der Waals surface area contributed by atoms with Gasteiger partial charge in [0.25, 0.3) is 0 Å². The monoisotopic (exact) mass is 334 g/mol. The molecular formula is C12H15ClN2O5S. The molecule has 1 saturated heterocycles. The number of phenolic OH excluding ortho intramolecular Hbond substituents is 1. The van der Waals surface area contributed by atoms with Crippen molar-refractivity contribution in [3.8, 4) is 5.75 Å². The Balaban J connectivity index is 2.05. The van der Waals surface area contributed by atoms with Crippen molar-refractivity contribution in [2.45, 2.75) is 12.8 Å². The van der Waals surface area contributed by atoms with Gasteiger partial charge in [-0.3, -0.25) is 9.52 Å². The third kappa shape index (κ3) is 3.78. The van der Waals surface area contributed by atoms with Gasteiger partial charge in [-0.05, 0) is 31.0 Å². The number of hydrogen-bond donors (Lipinski definition) is 3. The van der Waals surface area contributed by atoms with Gasteiger partial charge in [-0.2, -0.15) is 12.7 Å². The summed E-state index contributed by atoms with van der Waals surface area (Å²) in [5.74, 6) is -1.54. The number of aliphatic carboxylic acids is 1. The molecule has 2 rings (SSSR count). The quantitative estimate of drug-likeness (QED) is 0.723. The average molecular weight is 335 g/mol. The van der Waals surface area contributed by atoms with E-state index >= 15 is 0 Å². The summed E-state index contributed by atoms with van der Waals surface area (Å²) in [6.45, 7) is 0.302. The third-order valence-electron chi connectivity index (χ3n) is 3.34. The van der Waals surface area contributed by atoms with Crippen molar-refractivity contribution in [2.75, 3.05) is 17.8 Å². The lowest BCUT2D eigenvalue weighted by atomic mass is 9.99. The number of anilines is 1. The topological polar surface area (TPSA) is 107 Å². The number of rotatable bonds is 4. The van der Waals surface area contributed by atoms with Gasteiger partial charge in [-0.25, -0.2) is 0 Å². The maximum atomic E-state index is 12.2. The van der Waals surface area contributed by atoms with Crippen LogP contribution in [0.5, 0.6) is 5.75 Å². The zero-order valence-corrected chi connectivity index (χ0v) is 12.6. The zero-order valence-electron chi connectivity index (χ0n) is 11.0. The Morgan fingerprint density at radius 3 is 2.48 bits per heavy atom. The second-order valence-electron chi connectivity index (χ2n) is 4.78. The number of carboxylic acids is 1. The Hall–Kier alpha value is -1.51. The Kier molecular flexibility index (Phi) is 4.60. The minimum absolute atomic E-state index is 0.0415. The number of phenols is 1. The SMILES string of the molecule is O=C(O)C1CCN(S(=O)(=O)Nc2ccc(O)c(Cl)c2)CC1. The van der Waals surface area contributed by atoms with Crippen LogP contribution in [0.2, 0.25) is 5.02 Å². The van der Waals surface area contributed by atoms with E-state index in [-0.39, 0.29) is 42.4 Å². The molecule has 21 heavy (non-hydrogen) atoms. The second kappa shape index (κ2) is 6.08. The van der Waals surface area contributed by atoms with Crippen LogP contribution in [0.15, 0.2) is 18.2 Å². The van der Waals surface area contributed by atoms with Gasteiger partial charge in [0, 0.05) is 13.1 Å². The van der Waals surface area contributed by atoms with E-state index in [1.54, 1.807) is 0 Å². The maximum absolute atomic E-state index is 12.2. The summed E-state index contributed by atoms with van der Waals surface area (Å²) in [4.78, 5) is 10.8. The summed E-state index contributed by atoms with van der Waals surface area (Å²) in [6.07, 6.45) is 0.569. The molecule has 0 aliphatic carbocycles. The molecule has 1 heterocycles. The van der Waals surface area contributed by atoms with Crippen LogP contribution in [0.25, 0.3) is 0 Å². The van der Waals surface area contributed by atoms with Crippen molar-refractivity contribution in [3.63, 3.8) is 0 Å². The minimum Gasteiger partial charge on any atom is -0.506 e. The number of carbonyl (C=O) groups is 1. The van der Waals surface area contributed by atoms with Crippen LogP contribution in [0.1, 0.15) is 12.8 Å². The summed E-state index contributed by atoms with van der Waals surface area (Å²) in [7, 11) is -3.76. The first-order valence-corrected chi connectivity index (χ1v) is 8.10. The highest BCUT2D eigenvalue weighted by molar-refractivity contribution is 7.90. The van der Waals surface area contributed by atoms with Gasteiger partial charge in [0.15, 0.2) is 0 Å². The predicted molar refractivity (Wildman–Crippen MR) is 77.6 cm³/mol. The first-order chi connectivity index (χ1) is 9.79. The van der Waals surface area contributed by atoms with E-state index in [4.69, 9.17) is 16.7 Å². The van der Waals surface area contributed by atoms with E-state index in [2.05, 4.69) is 4.72 Å². The van der Waals surface area contributed by atoms with Crippen LogP contribution in [0.3, 0.4) is 0 Å². The van der Waals surface area contributed by atoms with E-state index in [0.717, 1.165) is 0 Å². The molecule has 1 aliphatic rings. The average Bonchev–Trinajstić information content (AvgIpc) is 2.43. The number of carboxylic acid groups (broad SMARTS) is 1. The van der Waals surface area contributed by atoms with Gasteiger partial charge in [-0.15, -0.1) is 0 Å². The molecule has 1 aromatic rings. The Morgan fingerprint density at radius 2 is 1.95 bits per heavy atom. The lowest BCUT2D eigenvalue weighted by Crippen LogP contribution is -2.42. The molecule has 0 aromatic heterocycles. The maximum Gasteiger partial charge on any atom is 0.306 e. The highest BCUT2D eigenvalue weighted by Crippen LogP contribution is 2.27. The molecule has 3 N–H and O–H groups in total. The molecule has 1 fully saturated rings. The van der Waals surface area contributed by atoms with Crippen LogP contribution in [0.4, 0.5) is 5.69 Å². The molecule has 0 spiro atoms. The number of hydrogen-bond acceptors (Lipinski definition) is 4. The van der Waals surface area contributed by atoms with E-state index in [0.29, 0.717) is 0 Å². The van der Waals surface area contributed by atoms with Gasteiger partial charge >= 0.3 is 16.2 Å². The summed E-state index contributed by atoms with van der Waals surface area (Å²) in [5, 5.41) is 18.2. The highest BCUT2D eigenvalue weighted by Gasteiger charge is 2.30. The van der Waals surface area contributed by atoms with Crippen LogP contribution < -0.4 is 4.72 Å². The van der Waals surface area contributed by atoms with Crippen molar-refractivity contribution >= 4 is 33.5 Å². The van der Waals surface area contributed by atoms with Crippen molar-refractivity contribution < 1.29 is 23.4 Å². The van der Waals surface area contributed by atoms with Gasteiger partial charge < -0.3 is 10.2 Å².